The molecule has 0 N–H and O–H groups in total. The van der Waals surface area contributed by atoms with Gasteiger partial charge in [-0.1, -0.05) is 12.2 Å². The van der Waals surface area contributed by atoms with Crippen molar-refractivity contribution in [2.75, 3.05) is 0 Å². The fourth-order valence-corrected chi connectivity index (χ4v) is 1.51. The molecule has 0 atom stereocenters. The Hall–Kier alpha value is -1.31. The number of aryl methyl sites for hydroxylation is 2. The third-order valence-corrected chi connectivity index (χ3v) is 2.11. The van der Waals surface area contributed by atoms with Gasteiger partial charge in [0.05, 0.1) is 0 Å². The molecule has 12 heavy (non-hydrogen) atoms. The second-order valence-corrected chi connectivity index (χ2v) is 3.03. The minimum atomic E-state index is -0.235. The topological polar surface area (TPSA) is 30.2 Å². The molecular weight excluding hydrogens is 152 g/mol. The summed E-state index contributed by atoms with van der Waals surface area (Å²) in [5.41, 5.74) is 1.86. The molecule has 0 saturated carbocycles. The first-order valence-corrected chi connectivity index (χ1v) is 4.07. The van der Waals surface area contributed by atoms with Gasteiger partial charge in [-0.25, -0.2) is 4.79 Å². The first kappa shape index (κ1) is 7.35. The van der Waals surface area contributed by atoms with Crippen LogP contribution >= 0.6 is 0 Å². The summed E-state index contributed by atoms with van der Waals surface area (Å²) >= 11 is 0. The Morgan fingerprint density at radius 1 is 1.50 bits per heavy atom. The Bertz CT molecular complexity index is 385. The van der Waals surface area contributed by atoms with E-state index in [4.69, 9.17) is 4.42 Å². The van der Waals surface area contributed by atoms with Gasteiger partial charge >= 0.3 is 5.63 Å². The van der Waals surface area contributed by atoms with Crippen molar-refractivity contribution in [3.05, 3.63) is 39.4 Å². The fraction of sp³-hybridized carbons (Fsp3) is 0.300. The lowest BCUT2D eigenvalue weighted by Crippen LogP contribution is -2.06. The van der Waals surface area contributed by atoms with Crippen LogP contribution in [0, 0.1) is 6.92 Å². The molecule has 0 amide bonds. The van der Waals surface area contributed by atoms with E-state index in [9.17, 15) is 4.79 Å². The van der Waals surface area contributed by atoms with Crippen LogP contribution in [0.15, 0.2) is 21.4 Å². The van der Waals surface area contributed by atoms with E-state index in [0.717, 1.165) is 29.7 Å². The van der Waals surface area contributed by atoms with E-state index >= 15 is 0 Å². The Morgan fingerprint density at radius 2 is 2.33 bits per heavy atom. The molecule has 1 aromatic rings. The Labute approximate surface area is 70.5 Å². The Balaban J connectivity index is 2.70. The van der Waals surface area contributed by atoms with Crippen LogP contribution in [0.3, 0.4) is 0 Å². The monoisotopic (exact) mass is 162 g/mol. The molecule has 0 bridgehead atoms. The van der Waals surface area contributed by atoms with Crippen LogP contribution in [0.25, 0.3) is 6.08 Å². The molecule has 0 aromatic carbocycles. The standard InChI is InChI=1S/C10H10O2/c1-7-6-10(11)12-9-5-3-2-4-8(7)9/h2,4,6H,3,5H2,1H3. The van der Waals surface area contributed by atoms with Crippen molar-refractivity contribution < 1.29 is 4.42 Å². The second kappa shape index (κ2) is 2.63. The zero-order valence-corrected chi connectivity index (χ0v) is 6.96. The van der Waals surface area contributed by atoms with Crippen LogP contribution in [-0.4, -0.2) is 0 Å². The lowest BCUT2D eigenvalue weighted by Gasteiger charge is -2.09. The van der Waals surface area contributed by atoms with Crippen molar-refractivity contribution in [1.82, 2.24) is 0 Å². The summed E-state index contributed by atoms with van der Waals surface area (Å²) in [7, 11) is 0. The van der Waals surface area contributed by atoms with Gasteiger partial charge < -0.3 is 4.42 Å². The molecule has 1 heterocycles. The first-order chi connectivity index (χ1) is 5.77. The van der Waals surface area contributed by atoms with E-state index < -0.39 is 0 Å². The first-order valence-electron chi connectivity index (χ1n) is 4.07. The molecule has 1 aromatic heterocycles. The zero-order valence-electron chi connectivity index (χ0n) is 6.96. The van der Waals surface area contributed by atoms with Crippen molar-refractivity contribution in [2.24, 2.45) is 0 Å². The predicted molar refractivity (Wildman–Crippen MR) is 47.1 cm³/mol. The fourth-order valence-electron chi connectivity index (χ4n) is 1.51. The van der Waals surface area contributed by atoms with Crippen LogP contribution in [0.2, 0.25) is 0 Å². The molecule has 2 nitrogen and oxygen atoms in total. The van der Waals surface area contributed by atoms with Crippen LogP contribution in [-0.2, 0) is 6.42 Å². The van der Waals surface area contributed by atoms with E-state index in [1.807, 2.05) is 13.0 Å². The average Bonchev–Trinajstić information content (AvgIpc) is 2.04. The highest BCUT2D eigenvalue weighted by Gasteiger charge is 2.09. The van der Waals surface area contributed by atoms with Gasteiger partial charge in [0.1, 0.15) is 5.76 Å². The van der Waals surface area contributed by atoms with Gasteiger partial charge in [0, 0.05) is 18.1 Å². The van der Waals surface area contributed by atoms with Gasteiger partial charge in [-0.2, -0.15) is 0 Å². The summed E-state index contributed by atoms with van der Waals surface area (Å²) in [6.45, 7) is 1.94. The summed E-state index contributed by atoms with van der Waals surface area (Å²) in [6.07, 6.45) is 5.95. The number of hydrogen-bond acceptors (Lipinski definition) is 2. The molecule has 0 unspecified atom stereocenters. The number of fused-ring (bicyclic) bond motifs is 1. The number of rotatable bonds is 0. The summed E-state index contributed by atoms with van der Waals surface area (Å²) in [4.78, 5) is 11.0. The largest absolute Gasteiger partial charge is 0.427 e. The highest BCUT2D eigenvalue weighted by Crippen LogP contribution is 2.19. The highest BCUT2D eigenvalue weighted by molar-refractivity contribution is 5.56. The Kier molecular flexibility index (Phi) is 1.61. The van der Waals surface area contributed by atoms with Gasteiger partial charge in [0.25, 0.3) is 0 Å². The molecule has 62 valence electrons. The maximum atomic E-state index is 11.0. The smallest absolute Gasteiger partial charge is 0.336 e. The van der Waals surface area contributed by atoms with Gasteiger partial charge in [-0.15, -0.1) is 0 Å². The van der Waals surface area contributed by atoms with Gasteiger partial charge in [0.15, 0.2) is 0 Å². The zero-order chi connectivity index (χ0) is 8.55. The summed E-state index contributed by atoms with van der Waals surface area (Å²) in [5.74, 6) is 0.836. The molecule has 2 heteroatoms. The van der Waals surface area contributed by atoms with Gasteiger partial charge in [-0.3, -0.25) is 0 Å². The second-order valence-electron chi connectivity index (χ2n) is 3.03. The normalized spacial score (nSPS) is 14.4. The van der Waals surface area contributed by atoms with Crippen LogP contribution < -0.4 is 5.63 Å². The lowest BCUT2D eigenvalue weighted by molar-refractivity contribution is 0.455. The molecule has 0 fully saturated rings. The van der Waals surface area contributed by atoms with E-state index in [2.05, 4.69) is 6.08 Å². The quantitative estimate of drug-likeness (QED) is 0.583. The Morgan fingerprint density at radius 3 is 3.17 bits per heavy atom. The van der Waals surface area contributed by atoms with E-state index in [1.54, 1.807) is 0 Å². The summed E-state index contributed by atoms with van der Waals surface area (Å²) in [6, 6.07) is 1.54. The number of hydrogen-bond donors (Lipinski definition) is 0. The highest BCUT2D eigenvalue weighted by atomic mass is 16.4. The van der Waals surface area contributed by atoms with Gasteiger partial charge in [0.2, 0.25) is 0 Å². The van der Waals surface area contributed by atoms with Crippen molar-refractivity contribution in [1.29, 1.82) is 0 Å². The SMILES string of the molecule is Cc1cc(=O)oc2c1C=CCC2. The minimum Gasteiger partial charge on any atom is -0.427 e. The average molecular weight is 162 g/mol. The molecule has 2 rings (SSSR count). The molecule has 1 aliphatic carbocycles. The van der Waals surface area contributed by atoms with E-state index in [-0.39, 0.29) is 5.63 Å². The van der Waals surface area contributed by atoms with Crippen molar-refractivity contribution >= 4 is 6.08 Å². The molecule has 0 radical (unpaired) electrons. The third-order valence-electron chi connectivity index (χ3n) is 2.11. The van der Waals surface area contributed by atoms with Crippen molar-refractivity contribution in [3.63, 3.8) is 0 Å². The predicted octanol–water partition coefficient (Wildman–Crippen LogP) is 1.91. The van der Waals surface area contributed by atoms with Crippen molar-refractivity contribution in [3.8, 4) is 0 Å². The van der Waals surface area contributed by atoms with Crippen molar-refractivity contribution in [2.45, 2.75) is 19.8 Å². The lowest BCUT2D eigenvalue weighted by atomic mass is 10.0. The minimum absolute atomic E-state index is 0.235. The van der Waals surface area contributed by atoms with Gasteiger partial charge in [-0.05, 0) is 18.9 Å². The summed E-state index contributed by atoms with van der Waals surface area (Å²) < 4.78 is 5.07. The molecule has 1 aliphatic rings. The molecule has 0 aliphatic heterocycles. The molecular formula is C10H10O2. The van der Waals surface area contributed by atoms with E-state index in [0.29, 0.717) is 0 Å². The van der Waals surface area contributed by atoms with Crippen LogP contribution in [0.1, 0.15) is 23.3 Å². The molecule has 0 saturated heterocycles. The maximum absolute atomic E-state index is 11.0. The summed E-state index contributed by atoms with van der Waals surface area (Å²) in [5, 5.41) is 0. The maximum Gasteiger partial charge on any atom is 0.336 e. The molecule has 0 spiro atoms. The van der Waals surface area contributed by atoms with E-state index in [1.165, 1.54) is 6.07 Å². The van der Waals surface area contributed by atoms with Crippen LogP contribution in [0.4, 0.5) is 0 Å². The third kappa shape index (κ3) is 1.09. The number of allylic oxidation sites excluding steroid dienone is 1. The van der Waals surface area contributed by atoms with Crippen LogP contribution in [0.5, 0.6) is 0 Å².